The van der Waals surface area contributed by atoms with Gasteiger partial charge in [-0.1, -0.05) is 31.9 Å². The summed E-state index contributed by atoms with van der Waals surface area (Å²) >= 11 is 6.03. The summed E-state index contributed by atoms with van der Waals surface area (Å²) < 4.78 is 12.4. The summed E-state index contributed by atoms with van der Waals surface area (Å²) in [7, 11) is 0. The average molecular weight is 698 g/mol. The van der Waals surface area contributed by atoms with Gasteiger partial charge < -0.3 is 40.1 Å². The van der Waals surface area contributed by atoms with Crippen molar-refractivity contribution in [1.82, 2.24) is 19.1 Å². The first-order valence-electron chi connectivity index (χ1n) is 11.5. The molecule has 0 amide bonds. The highest BCUT2D eigenvalue weighted by Crippen LogP contribution is 2.29. The predicted octanol–water partition coefficient (Wildman–Crippen LogP) is -2.97. The summed E-state index contributed by atoms with van der Waals surface area (Å²) in [5, 5.41) is 57.1. The van der Waals surface area contributed by atoms with Crippen molar-refractivity contribution >= 4 is 44.0 Å². The maximum absolute atomic E-state index is 11.8. The minimum Gasteiger partial charge on any atom is -0.394 e. The number of hydrogen-bond acceptors (Lipinski definition) is 12. The summed E-state index contributed by atoms with van der Waals surface area (Å²) in [5.74, 6) is 0. The Hall–Kier alpha value is -2.52. The quantitative estimate of drug-likeness (QED) is 0.151. The summed E-state index contributed by atoms with van der Waals surface area (Å²) in [6, 6.07) is 0. The molecule has 2 saturated heterocycles. The van der Waals surface area contributed by atoms with Crippen LogP contribution in [-0.4, -0.2) is 99.6 Å². The summed E-state index contributed by atoms with van der Waals surface area (Å²) in [6.07, 6.45) is -4.55. The number of nitrogens with one attached hydrogen (secondary N) is 2. The van der Waals surface area contributed by atoms with Gasteiger partial charge in [-0.25, -0.2) is 9.59 Å². The first-order valence-corrected chi connectivity index (χ1v) is 13.3. The molecular weight excluding hydrogens is 672 g/mol. The van der Waals surface area contributed by atoms with Gasteiger partial charge in [0.2, 0.25) is 0 Å². The standard InChI is InChI=1S/2C11H13BrN2O6/c2*12-2-1-5-3-14(11(19)13-9(5)18)10-8(17)7(16)6(4-15)20-10/h2*1-3,6-8,10,15-17H,4H2,(H,13,18,19)/b2*2-1+/t2*6-,7-,8+,10-/m11/s1. The Bertz CT molecular complexity index is 1360. The molecule has 2 fully saturated rings. The highest BCUT2D eigenvalue weighted by Gasteiger charge is 2.44. The van der Waals surface area contributed by atoms with Crippen LogP contribution in [0.3, 0.4) is 0 Å². The van der Waals surface area contributed by atoms with E-state index in [2.05, 4.69) is 41.8 Å². The smallest absolute Gasteiger partial charge is 0.330 e. The van der Waals surface area contributed by atoms with Crippen LogP contribution in [0.25, 0.3) is 12.2 Å². The molecule has 220 valence electrons. The van der Waals surface area contributed by atoms with Crippen LogP contribution in [0.4, 0.5) is 0 Å². The van der Waals surface area contributed by atoms with E-state index in [9.17, 15) is 39.6 Å². The zero-order valence-electron chi connectivity index (χ0n) is 20.3. The van der Waals surface area contributed by atoms with E-state index in [1.165, 1.54) is 34.5 Å². The summed E-state index contributed by atoms with van der Waals surface area (Å²) in [5.41, 5.74) is -2.41. The number of hydrogen-bond donors (Lipinski definition) is 8. The van der Waals surface area contributed by atoms with Crippen LogP contribution < -0.4 is 22.5 Å². The third kappa shape index (κ3) is 6.68. The SMILES string of the molecule is O=c1[nH]c(=O)n([C@@H]2O[C@H](CO)[C@@H](O)[C@@H]2O)cc1/C=C/Br.O=c1[nH]c(=O)n([C@@H]2O[C@H](CO)[C@@H](O)[C@@H]2O)cc1/C=C/Br. The van der Waals surface area contributed by atoms with E-state index in [1.54, 1.807) is 0 Å². The van der Waals surface area contributed by atoms with Crippen molar-refractivity contribution in [2.24, 2.45) is 0 Å². The molecule has 0 radical (unpaired) electrons. The summed E-state index contributed by atoms with van der Waals surface area (Å²) in [4.78, 5) is 53.6. The highest BCUT2D eigenvalue weighted by molar-refractivity contribution is 9.11. The van der Waals surface area contributed by atoms with Gasteiger partial charge in [-0.2, -0.15) is 0 Å². The van der Waals surface area contributed by atoms with Gasteiger partial charge in [-0.05, 0) is 22.1 Å². The van der Waals surface area contributed by atoms with E-state index >= 15 is 0 Å². The molecule has 4 heterocycles. The minimum atomic E-state index is -1.39. The van der Waals surface area contributed by atoms with Crippen molar-refractivity contribution in [1.29, 1.82) is 0 Å². The lowest BCUT2D eigenvalue weighted by Crippen LogP contribution is -2.38. The number of aliphatic hydroxyl groups is 6. The molecule has 0 unspecified atom stereocenters. The lowest BCUT2D eigenvalue weighted by Gasteiger charge is -2.17. The zero-order chi connectivity index (χ0) is 29.7. The number of halogens is 2. The molecule has 0 bridgehead atoms. The van der Waals surface area contributed by atoms with E-state index in [1.807, 2.05) is 0 Å². The normalized spacial score (nSPS) is 30.2. The van der Waals surface area contributed by atoms with Gasteiger partial charge in [0.1, 0.15) is 36.6 Å². The lowest BCUT2D eigenvalue weighted by molar-refractivity contribution is -0.0550. The molecule has 2 aliphatic heterocycles. The molecular formula is C22H26Br2N4O12. The Labute approximate surface area is 240 Å². The fourth-order valence-electron chi connectivity index (χ4n) is 3.97. The first-order chi connectivity index (χ1) is 19.0. The largest absolute Gasteiger partial charge is 0.394 e. The van der Waals surface area contributed by atoms with Gasteiger partial charge in [0.25, 0.3) is 11.1 Å². The van der Waals surface area contributed by atoms with Gasteiger partial charge >= 0.3 is 11.4 Å². The first kappa shape index (κ1) is 32.0. The lowest BCUT2D eigenvalue weighted by atomic mass is 10.1. The van der Waals surface area contributed by atoms with Crippen LogP contribution in [0.5, 0.6) is 0 Å². The molecule has 18 heteroatoms. The Morgan fingerprint density at radius 1 is 0.700 bits per heavy atom. The molecule has 2 aromatic heterocycles. The van der Waals surface area contributed by atoms with E-state index in [0.717, 1.165) is 9.13 Å². The molecule has 16 nitrogen and oxygen atoms in total. The Morgan fingerprint density at radius 3 is 1.32 bits per heavy atom. The molecule has 0 aliphatic carbocycles. The molecule has 2 aromatic rings. The van der Waals surface area contributed by atoms with Crippen molar-refractivity contribution < 1.29 is 40.1 Å². The third-order valence-electron chi connectivity index (χ3n) is 6.06. The molecule has 8 atom stereocenters. The molecule has 0 saturated carbocycles. The van der Waals surface area contributed by atoms with Crippen LogP contribution >= 0.6 is 31.9 Å². The van der Waals surface area contributed by atoms with Crippen molar-refractivity contribution in [3.8, 4) is 0 Å². The van der Waals surface area contributed by atoms with Crippen LogP contribution in [0.15, 0.2) is 41.5 Å². The number of H-pyrrole nitrogens is 2. The van der Waals surface area contributed by atoms with Crippen LogP contribution in [0.1, 0.15) is 23.6 Å². The van der Waals surface area contributed by atoms with E-state index in [-0.39, 0.29) is 11.1 Å². The number of aromatic amines is 2. The van der Waals surface area contributed by atoms with Gasteiger partial charge in [0, 0.05) is 12.4 Å². The molecule has 4 rings (SSSR count). The number of aromatic nitrogens is 4. The maximum Gasteiger partial charge on any atom is 0.330 e. The van der Waals surface area contributed by atoms with Gasteiger partial charge in [0.15, 0.2) is 12.5 Å². The average Bonchev–Trinajstić information content (AvgIpc) is 3.37. The topological polar surface area (TPSA) is 250 Å². The number of nitrogens with zero attached hydrogens (tertiary/aromatic N) is 2. The molecule has 0 spiro atoms. The number of aliphatic hydroxyl groups excluding tert-OH is 6. The fourth-order valence-corrected chi connectivity index (χ4v) is 4.54. The van der Waals surface area contributed by atoms with E-state index < -0.39 is 84.8 Å². The maximum atomic E-state index is 11.8. The van der Waals surface area contributed by atoms with Crippen LogP contribution in [0, 0.1) is 0 Å². The third-order valence-corrected chi connectivity index (χ3v) is 6.59. The van der Waals surface area contributed by atoms with E-state index in [4.69, 9.17) is 19.7 Å². The second kappa shape index (κ2) is 13.9. The minimum absolute atomic E-state index is 0.166. The Morgan fingerprint density at radius 2 is 1.05 bits per heavy atom. The second-order valence-corrected chi connectivity index (χ2v) is 9.60. The molecule has 40 heavy (non-hydrogen) atoms. The highest BCUT2D eigenvalue weighted by atomic mass is 79.9. The van der Waals surface area contributed by atoms with Crippen LogP contribution in [-0.2, 0) is 9.47 Å². The van der Waals surface area contributed by atoms with Crippen molar-refractivity contribution in [3.63, 3.8) is 0 Å². The van der Waals surface area contributed by atoms with Gasteiger partial charge in [-0.3, -0.25) is 28.7 Å². The number of ether oxygens (including phenoxy) is 2. The zero-order valence-corrected chi connectivity index (χ0v) is 23.5. The second-order valence-electron chi connectivity index (χ2n) is 8.54. The summed E-state index contributed by atoms with van der Waals surface area (Å²) in [6.45, 7) is -0.998. The monoisotopic (exact) mass is 696 g/mol. The Balaban J connectivity index is 0.000000220. The number of rotatable bonds is 6. The fraction of sp³-hybridized carbons (Fsp3) is 0.455. The van der Waals surface area contributed by atoms with Crippen molar-refractivity contribution in [2.75, 3.05) is 13.2 Å². The molecule has 8 N–H and O–H groups in total. The molecule has 2 aliphatic rings. The predicted molar refractivity (Wildman–Crippen MR) is 145 cm³/mol. The van der Waals surface area contributed by atoms with Gasteiger partial charge in [0.05, 0.1) is 24.3 Å². The Kier molecular flexibility index (Phi) is 11.1. The van der Waals surface area contributed by atoms with Crippen LogP contribution in [0.2, 0.25) is 0 Å². The molecule has 0 aromatic carbocycles. The van der Waals surface area contributed by atoms with Gasteiger partial charge in [-0.15, -0.1) is 0 Å². The van der Waals surface area contributed by atoms with Crippen molar-refractivity contribution in [2.45, 2.75) is 49.1 Å². The van der Waals surface area contributed by atoms with E-state index in [0.29, 0.717) is 0 Å². The van der Waals surface area contributed by atoms with Crippen molar-refractivity contribution in [3.05, 3.63) is 75.2 Å².